The summed E-state index contributed by atoms with van der Waals surface area (Å²) in [5.41, 5.74) is 1.05. The van der Waals surface area contributed by atoms with E-state index in [1.165, 1.54) is 4.90 Å². The molecule has 1 N–H and O–H groups in total. The first-order chi connectivity index (χ1) is 10.3. The van der Waals surface area contributed by atoms with Gasteiger partial charge < -0.3 is 14.8 Å². The lowest BCUT2D eigenvalue weighted by molar-refractivity contribution is 0.171. The molecule has 5 heteroatoms. The number of ether oxygens (including phenoxy) is 2. The standard InChI is InChI=1S/C16H16ClNO2S/c17-12-2-1-3-13(10-12)18-6-9-21-14-4-5-15-16(11-14)20-8-7-19-15/h1-5,10-11,18H,6-9H2. The quantitative estimate of drug-likeness (QED) is 0.656. The summed E-state index contributed by atoms with van der Waals surface area (Å²) in [6.45, 7) is 2.12. The van der Waals surface area contributed by atoms with Gasteiger partial charge in [0.2, 0.25) is 0 Å². The van der Waals surface area contributed by atoms with Crippen LogP contribution >= 0.6 is 23.4 Å². The Labute approximate surface area is 133 Å². The molecule has 21 heavy (non-hydrogen) atoms. The van der Waals surface area contributed by atoms with Crippen LogP contribution < -0.4 is 14.8 Å². The largest absolute Gasteiger partial charge is 0.486 e. The van der Waals surface area contributed by atoms with Gasteiger partial charge in [-0.2, -0.15) is 0 Å². The molecule has 0 radical (unpaired) electrons. The predicted molar refractivity (Wildman–Crippen MR) is 88.1 cm³/mol. The van der Waals surface area contributed by atoms with Crippen LogP contribution in [0, 0.1) is 0 Å². The summed E-state index contributed by atoms with van der Waals surface area (Å²) in [6, 6.07) is 13.8. The van der Waals surface area contributed by atoms with Gasteiger partial charge in [-0.1, -0.05) is 17.7 Å². The van der Waals surface area contributed by atoms with Crippen molar-refractivity contribution in [2.24, 2.45) is 0 Å². The van der Waals surface area contributed by atoms with Gasteiger partial charge in [-0.3, -0.25) is 0 Å². The maximum Gasteiger partial charge on any atom is 0.162 e. The van der Waals surface area contributed by atoms with Gasteiger partial charge >= 0.3 is 0 Å². The lowest BCUT2D eigenvalue weighted by Gasteiger charge is -2.18. The SMILES string of the molecule is Clc1cccc(NCCSc2ccc3c(c2)OCCO3)c1. The molecule has 0 atom stereocenters. The van der Waals surface area contributed by atoms with Crippen LogP contribution in [-0.2, 0) is 0 Å². The van der Waals surface area contributed by atoms with Crippen molar-refractivity contribution < 1.29 is 9.47 Å². The maximum atomic E-state index is 5.95. The van der Waals surface area contributed by atoms with Crippen molar-refractivity contribution in [3.8, 4) is 11.5 Å². The molecule has 0 saturated heterocycles. The molecule has 0 fully saturated rings. The molecule has 3 rings (SSSR count). The fourth-order valence-electron chi connectivity index (χ4n) is 2.08. The minimum Gasteiger partial charge on any atom is -0.486 e. The van der Waals surface area contributed by atoms with E-state index >= 15 is 0 Å². The van der Waals surface area contributed by atoms with Crippen molar-refractivity contribution in [1.29, 1.82) is 0 Å². The summed E-state index contributed by atoms with van der Waals surface area (Å²) in [7, 11) is 0. The van der Waals surface area contributed by atoms with Gasteiger partial charge in [-0.05, 0) is 36.4 Å². The second-order valence-corrected chi connectivity index (χ2v) is 6.20. The molecule has 3 nitrogen and oxygen atoms in total. The van der Waals surface area contributed by atoms with Crippen molar-refractivity contribution in [3.05, 3.63) is 47.5 Å². The first kappa shape index (κ1) is 14.4. The Kier molecular flexibility index (Phi) is 4.78. The van der Waals surface area contributed by atoms with Gasteiger partial charge in [0.1, 0.15) is 13.2 Å². The molecule has 0 aromatic heterocycles. The Morgan fingerprint density at radius 2 is 1.90 bits per heavy atom. The van der Waals surface area contributed by atoms with Crippen LogP contribution in [0.1, 0.15) is 0 Å². The van der Waals surface area contributed by atoms with Gasteiger partial charge in [0.15, 0.2) is 11.5 Å². The van der Waals surface area contributed by atoms with Gasteiger partial charge in [-0.15, -0.1) is 11.8 Å². The van der Waals surface area contributed by atoms with Gasteiger partial charge in [0.25, 0.3) is 0 Å². The molecule has 2 aromatic rings. The Morgan fingerprint density at radius 3 is 2.76 bits per heavy atom. The number of rotatable bonds is 5. The molecule has 0 spiro atoms. The zero-order valence-electron chi connectivity index (χ0n) is 11.5. The molecule has 2 aromatic carbocycles. The number of thioether (sulfide) groups is 1. The summed E-state index contributed by atoms with van der Waals surface area (Å²) >= 11 is 7.74. The molecule has 0 aliphatic carbocycles. The lowest BCUT2D eigenvalue weighted by Crippen LogP contribution is -2.15. The minimum absolute atomic E-state index is 0.622. The van der Waals surface area contributed by atoms with E-state index in [4.69, 9.17) is 21.1 Å². The van der Waals surface area contributed by atoms with E-state index in [0.29, 0.717) is 13.2 Å². The summed E-state index contributed by atoms with van der Waals surface area (Å²) in [4.78, 5) is 1.19. The van der Waals surface area contributed by atoms with Gasteiger partial charge in [0, 0.05) is 27.9 Å². The van der Waals surface area contributed by atoms with E-state index in [-0.39, 0.29) is 0 Å². The van der Waals surface area contributed by atoms with Gasteiger partial charge in [0.05, 0.1) is 0 Å². The molecule has 110 valence electrons. The summed E-state index contributed by atoms with van der Waals surface area (Å²) in [5.74, 6) is 2.64. The van der Waals surface area contributed by atoms with Crippen LogP contribution in [0.4, 0.5) is 5.69 Å². The minimum atomic E-state index is 0.622. The first-order valence-corrected chi connectivity index (χ1v) is 8.19. The molecular formula is C16H16ClNO2S. The fraction of sp³-hybridized carbons (Fsp3) is 0.250. The van der Waals surface area contributed by atoms with E-state index in [2.05, 4.69) is 11.4 Å². The molecule has 0 saturated carbocycles. The second kappa shape index (κ2) is 6.96. The third-order valence-electron chi connectivity index (χ3n) is 3.04. The van der Waals surface area contributed by atoms with E-state index in [9.17, 15) is 0 Å². The molecule has 1 aliphatic rings. The zero-order valence-corrected chi connectivity index (χ0v) is 13.0. The number of nitrogens with one attached hydrogen (secondary N) is 1. The number of benzene rings is 2. The van der Waals surface area contributed by atoms with Crippen LogP contribution in [-0.4, -0.2) is 25.5 Å². The zero-order chi connectivity index (χ0) is 14.5. The molecule has 1 aliphatic heterocycles. The average molecular weight is 322 g/mol. The summed E-state index contributed by atoms with van der Waals surface area (Å²) in [6.07, 6.45) is 0. The Hall–Kier alpha value is -1.52. The number of hydrogen-bond donors (Lipinski definition) is 1. The Balaban J connectivity index is 1.49. The summed E-state index contributed by atoms with van der Waals surface area (Å²) in [5, 5.41) is 4.11. The summed E-state index contributed by atoms with van der Waals surface area (Å²) < 4.78 is 11.1. The van der Waals surface area contributed by atoms with Crippen molar-refractivity contribution in [2.45, 2.75) is 4.90 Å². The first-order valence-electron chi connectivity index (χ1n) is 6.83. The molecule has 0 bridgehead atoms. The number of anilines is 1. The fourth-order valence-corrected chi connectivity index (χ4v) is 3.06. The van der Waals surface area contributed by atoms with E-state index in [0.717, 1.165) is 34.5 Å². The average Bonchev–Trinajstić information content (AvgIpc) is 2.51. The second-order valence-electron chi connectivity index (χ2n) is 4.59. The highest BCUT2D eigenvalue weighted by Gasteiger charge is 2.11. The lowest BCUT2D eigenvalue weighted by atomic mass is 10.3. The number of fused-ring (bicyclic) bond motifs is 1. The van der Waals surface area contributed by atoms with Crippen molar-refractivity contribution >= 4 is 29.1 Å². The number of hydrogen-bond acceptors (Lipinski definition) is 4. The highest BCUT2D eigenvalue weighted by molar-refractivity contribution is 7.99. The molecule has 1 heterocycles. The highest BCUT2D eigenvalue weighted by Crippen LogP contribution is 2.34. The molecule has 0 unspecified atom stereocenters. The maximum absolute atomic E-state index is 5.95. The normalized spacial score (nSPS) is 13.0. The Bertz CT molecular complexity index is 621. The van der Waals surface area contributed by atoms with Gasteiger partial charge in [-0.25, -0.2) is 0 Å². The highest BCUT2D eigenvalue weighted by atomic mass is 35.5. The van der Waals surface area contributed by atoms with E-state index in [1.54, 1.807) is 11.8 Å². The third-order valence-corrected chi connectivity index (χ3v) is 4.27. The van der Waals surface area contributed by atoms with Crippen LogP contribution in [0.15, 0.2) is 47.4 Å². The van der Waals surface area contributed by atoms with E-state index < -0.39 is 0 Å². The molecule has 0 amide bonds. The number of halogens is 1. The van der Waals surface area contributed by atoms with Crippen LogP contribution in [0.3, 0.4) is 0 Å². The van der Waals surface area contributed by atoms with Crippen molar-refractivity contribution in [1.82, 2.24) is 0 Å². The van der Waals surface area contributed by atoms with Crippen molar-refractivity contribution in [3.63, 3.8) is 0 Å². The predicted octanol–water partition coefficient (Wildman–Crippen LogP) is 4.32. The van der Waals surface area contributed by atoms with Crippen LogP contribution in [0.5, 0.6) is 11.5 Å². The Morgan fingerprint density at radius 1 is 1.05 bits per heavy atom. The molecular weight excluding hydrogens is 306 g/mol. The van der Waals surface area contributed by atoms with Crippen LogP contribution in [0.2, 0.25) is 5.02 Å². The topological polar surface area (TPSA) is 30.5 Å². The smallest absolute Gasteiger partial charge is 0.162 e. The monoisotopic (exact) mass is 321 g/mol. The third kappa shape index (κ3) is 3.99. The van der Waals surface area contributed by atoms with Crippen LogP contribution in [0.25, 0.3) is 0 Å². The van der Waals surface area contributed by atoms with E-state index in [1.807, 2.05) is 36.4 Å². The van der Waals surface area contributed by atoms with Crippen molar-refractivity contribution in [2.75, 3.05) is 30.8 Å².